The predicted molar refractivity (Wildman–Crippen MR) is 71.7 cm³/mol. The molecule has 8 heteroatoms. The van der Waals surface area contributed by atoms with Crippen molar-refractivity contribution in [1.82, 2.24) is 4.31 Å². The zero-order valence-electron chi connectivity index (χ0n) is 10.8. The molecule has 1 atom stereocenters. The Morgan fingerprint density at radius 3 is 2.70 bits per heavy atom. The largest absolute Gasteiger partial charge is 0.395 e. The van der Waals surface area contributed by atoms with Gasteiger partial charge < -0.3 is 5.11 Å². The summed E-state index contributed by atoms with van der Waals surface area (Å²) in [5.41, 5.74) is -0.435. The number of para-hydroxylation sites is 1. The lowest BCUT2D eigenvalue weighted by Gasteiger charge is -2.33. The van der Waals surface area contributed by atoms with E-state index in [1.165, 1.54) is 28.6 Å². The molecule has 0 radical (unpaired) electrons. The van der Waals surface area contributed by atoms with Gasteiger partial charge in [0.2, 0.25) is 10.0 Å². The summed E-state index contributed by atoms with van der Waals surface area (Å²) in [4.78, 5) is 9.96. The van der Waals surface area contributed by atoms with Gasteiger partial charge in [0.25, 0.3) is 5.69 Å². The van der Waals surface area contributed by atoms with Crippen molar-refractivity contribution in [3.05, 3.63) is 34.4 Å². The molecule has 1 aliphatic heterocycles. The van der Waals surface area contributed by atoms with E-state index in [0.717, 1.165) is 6.42 Å². The van der Waals surface area contributed by atoms with E-state index in [-0.39, 0.29) is 18.0 Å². The Bertz CT molecular complexity index is 602. The first-order valence-corrected chi connectivity index (χ1v) is 7.78. The SMILES string of the molecule is O=[N+]([O-])c1ccccc1S(=O)(=O)N1CCCC[C@H]1CO. The Labute approximate surface area is 117 Å². The number of sulfonamides is 1. The van der Waals surface area contributed by atoms with Crippen LogP contribution in [0.2, 0.25) is 0 Å². The van der Waals surface area contributed by atoms with Gasteiger partial charge in [-0.3, -0.25) is 10.1 Å². The number of benzene rings is 1. The van der Waals surface area contributed by atoms with Crippen molar-refractivity contribution in [2.75, 3.05) is 13.2 Å². The Kier molecular flexibility index (Phi) is 4.36. The Morgan fingerprint density at radius 1 is 1.35 bits per heavy atom. The summed E-state index contributed by atoms with van der Waals surface area (Å²) in [6.45, 7) is -0.000526. The van der Waals surface area contributed by atoms with Crippen LogP contribution in [-0.2, 0) is 10.0 Å². The van der Waals surface area contributed by atoms with E-state index in [9.17, 15) is 23.6 Å². The molecule has 1 heterocycles. The van der Waals surface area contributed by atoms with Crippen LogP contribution in [0, 0.1) is 10.1 Å². The van der Waals surface area contributed by atoms with Gasteiger partial charge >= 0.3 is 0 Å². The quantitative estimate of drug-likeness (QED) is 0.663. The van der Waals surface area contributed by atoms with Crippen LogP contribution in [0.4, 0.5) is 5.69 Å². The molecule has 0 unspecified atom stereocenters. The van der Waals surface area contributed by atoms with Gasteiger partial charge in [-0.05, 0) is 18.9 Å². The van der Waals surface area contributed by atoms with Gasteiger partial charge in [0.1, 0.15) is 0 Å². The number of hydrogen-bond donors (Lipinski definition) is 1. The van der Waals surface area contributed by atoms with Crippen LogP contribution in [0.3, 0.4) is 0 Å². The molecule has 20 heavy (non-hydrogen) atoms. The lowest BCUT2D eigenvalue weighted by atomic mass is 10.1. The molecule has 1 N–H and O–H groups in total. The summed E-state index contributed by atoms with van der Waals surface area (Å²) < 4.78 is 26.4. The van der Waals surface area contributed by atoms with Gasteiger partial charge in [0, 0.05) is 18.7 Å². The Balaban J connectivity index is 2.47. The number of aliphatic hydroxyl groups is 1. The number of rotatable bonds is 4. The number of hydrogen-bond acceptors (Lipinski definition) is 5. The Morgan fingerprint density at radius 2 is 2.05 bits per heavy atom. The molecule has 110 valence electrons. The van der Waals surface area contributed by atoms with E-state index in [1.54, 1.807) is 0 Å². The fourth-order valence-electron chi connectivity index (χ4n) is 2.43. The van der Waals surface area contributed by atoms with E-state index in [4.69, 9.17) is 0 Å². The molecule has 0 aliphatic carbocycles. The van der Waals surface area contributed by atoms with Crippen molar-refractivity contribution >= 4 is 15.7 Å². The number of nitro benzene ring substituents is 1. The molecular formula is C12H16N2O5S. The summed E-state index contributed by atoms with van der Waals surface area (Å²) in [5.74, 6) is 0. The molecule has 1 aromatic carbocycles. The van der Waals surface area contributed by atoms with Crippen LogP contribution in [0.15, 0.2) is 29.2 Å². The minimum absolute atomic E-state index is 0.277. The van der Waals surface area contributed by atoms with Crippen LogP contribution >= 0.6 is 0 Å². The van der Waals surface area contributed by atoms with Crippen molar-refractivity contribution in [3.8, 4) is 0 Å². The molecule has 2 rings (SSSR count). The summed E-state index contributed by atoms with van der Waals surface area (Å²) in [5, 5.41) is 20.3. The average Bonchev–Trinajstić information content (AvgIpc) is 2.47. The average molecular weight is 300 g/mol. The third-order valence-corrected chi connectivity index (χ3v) is 5.43. The second kappa shape index (κ2) is 5.86. The van der Waals surface area contributed by atoms with Crippen LogP contribution in [-0.4, -0.2) is 41.9 Å². The number of piperidine rings is 1. The lowest BCUT2D eigenvalue weighted by molar-refractivity contribution is -0.387. The summed E-state index contributed by atoms with van der Waals surface area (Å²) in [6.07, 6.45) is 2.10. The highest BCUT2D eigenvalue weighted by Crippen LogP contribution is 2.30. The van der Waals surface area contributed by atoms with Crippen molar-refractivity contribution in [2.24, 2.45) is 0 Å². The maximum absolute atomic E-state index is 12.6. The van der Waals surface area contributed by atoms with Crippen LogP contribution in [0.25, 0.3) is 0 Å². The van der Waals surface area contributed by atoms with Crippen LogP contribution in [0.1, 0.15) is 19.3 Å². The molecule has 7 nitrogen and oxygen atoms in total. The molecule has 0 amide bonds. The molecule has 0 aromatic heterocycles. The topological polar surface area (TPSA) is 101 Å². The van der Waals surface area contributed by atoms with Crippen molar-refractivity contribution in [3.63, 3.8) is 0 Å². The van der Waals surface area contributed by atoms with Gasteiger partial charge in [0.15, 0.2) is 4.90 Å². The third kappa shape index (κ3) is 2.67. The molecule has 1 fully saturated rings. The van der Waals surface area contributed by atoms with Gasteiger partial charge in [-0.15, -0.1) is 0 Å². The molecule has 1 aromatic rings. The molecule has 0 bridgehead atoms. The highest BCUT2D eigenvalue weighted by molar-refractivity contribution is 7.89. The fourth-order valence-corrected chi connectivity index (χ4v) is 4.27. The minimum atomic E-state index is -3.97. The van der Waals surface area contributed by atoms with Gasteiger partial charge in [0.05, 0.1) is 11.5 Å². The van der Waals surface area contributed by atoms with Crippen molar-refractivity contribution < 1.29 is 18.4 Å². The van der Waals surface area contributed by atoms with Gasteiger partial charge in [-0.2, -0.15) is 4.31 Å². The summed E-state index contributed by atoms with van der Waals surface area (Å²) >= 11 is 0. The number of nitro groups is 1. The normalized spacial score (nSPS) is 20.8. The smallest absolute Gasteiger partial charge is 0.289 e. The highest BCUT2D eigenvalue weighted by Gasteiger charge is 2.36. The maximum Gasteiger partial charge on any atom is 0.289 e. The van der Waals surface area contributed by atoms with Crippen molar-refractivity contribution in [1.29, 1.82) is 0 Å². The zero-order valence-corrected chi connectivity index (χ0v) is 11.6. The summed E-state index contributed by atoms with van der Waals surface area (Å²) in [6, 6.07) is 4.78. The Hall–Kier alpha value is -1.51. The summed E-state index contributed by atoms with van der Waals surface area (Å²) in [7, 11) is -3.97. The monoisotopic (exact) mass is 300 g/mol. The number of nitrogens with zero attached hydrogens (tertiary/aromatic N) is 2. The molecular weight excluding hydrogens is 284 g/mol. The fraction of sp³-hybridized carbons (Fsp3) is 0.500. The first kappa shape index (κ1) is 14.9. The van der Waals surface area contributed by atoms with E-state index in [2.05, 4.69) is 0 Å². The van der Waals surface area contributed by atoms with E-state index in [0.29, 0.717) is 12.8 Å². The highest BCUT2D eigenvalue weighted by atomic mass is 32.2. The van der Waals surface area contributed by atoms with Gasteiger partial charge in [-0.25, -0.2) is 8.42 Å². The standard InChI is InChI=1S/C12H16N2O5S/c15-9-10-5-3-4-8-13(10)20(18,19)12-7-2-1-6-11(12)14(16)17/h1-2,6-7,10,15H,3-5,8-9H2/t10-/m0/s1. The first-order valence-electron chi connectivity index (χ1n) is 6.34. The van der Waals surface area contributed by atoms with Crippen LogP contribution in [0.5, 0.6) is 0 Å². The second-order valence-electron chi connectivity index (χ2n) is 4.67. The number of aliphatic hydroxyl groups excluding tert-OH is 1. The molecule has 1 aliphatic rings. The zero-order chi connectivity index (χ0) is 14.8. The van der Waals surface area contributed by atoms with E-state index < -0.39 is 26.7 Å². The second-order valence-corrected chi connectivity index (χ2v) is 6.53. The third-order valence-electron chi connectivity index (χ3n) is 3.43. The van der Waals surface area contributed by atoms with E-state index in [1.807, 2.05) is 0 Å². The minimum Gasteiger partial charge on any atom is -0.395 e. The lowest BCUT2D eigenvalue weighted by Crippen LogP contribution is -2.45. The molecule has 0 spiro atoms. The molecule has 0 saturated carbocycles. The predicted octanol–water partition coefficient (Wildman–Crippen LogP) is 1.13. The van der Waals surface area contributed by atoms with Crippen LogP contribution < -0.4 is 0 Å². The molecule has 1 saturated heterocycles. The van der Waals surface area contributed by atoms with Crippen molar-refractivity contribution in [2.45, 2.75) is 30.2 Å². The van der Waals surface area contributed by atoms with Gasteiger partial charge in [-0.1, -0.05) is 18.6 Å². The van der Waals surface area contributed by atoms with E-state index >= 15 is 0 Å². The maximum atomic E-state index is 12.6. The first-order chi connectivity index (χ1) is 9.48.